The molecule has 0 amide bonds. The Labute approximate surface area is 115 Å². The van der Waals surface area contributed by atoms with Gasteiger partial charge in [-0.2, -0.15) is 0 Å². The first kappa shape index (κ1) is 15.9. The third kappa shape index (κ3) is 4.48. The molecule has 1 aromatic carbocycles. The van der Waals surface area contributed by atoms with Crippen molar-refractivity contribution in [1.29, 1.82) is 0 Å². The SMILES string of the molecule is CCN(CC(C)(CO)NC(C)C)c1ccccc1F. The van der Waals surface area contributed by atoms with E-state index < -0.39 is 5.54 Å². The van der Waals surface area contributed by atoms with Crippen molar-refractivity contribution in [1.82, 2.24) is 5.32 Å². The maximum absolute atomic E-state index is 13.8. The topological polar surface area (TPSA) is 35.5 Å². The fraction of sp³-hybridized carbons (Fsp3) is 0.600. The molecule has 1 atom stereocenters. The van der Waals surface area contributed by atoms with Crippen molar-refractivity contribution in [2.24, 2.45) is 0 Å². The Morgan fingerprint density at radius 1 is 1.37 bits per heavy atom. The van der Waals surface area contributed by atoms with Gasteiger partial charge in [0.25, 0.3) is 0 Å². The quantitative estimate of drug-likeness (QED) is 0.797. The molecule has 19 heavy (non-hydrogen) atoms. The number of para-hydroxylation sites is 1. The minimum atomic E-state index is -0.452. The average Bonchev–Trinajstić information content (AvgIpc) is 2.36. The number of anilines is 1. The molecule has 0 bridgehead atoms. The molecule has 0 spiro atoms. The van der Waals surface area contributed by atoms with E-state index in [1.165, 1.54) is 6.07 Å². The predicted molar refractivity (Wildman–Crippen MR) is 78.0 cm³/mol. The molecule has 3 nitrogen and oxygen atoms in total. The van der Waals surface area contributed by atoms with Crippen molar-refractivity contribution in [3.8, 4) is 0 Å². The Kier molecular flexibility index (Phi) is 5.76. The van der Waals surface area contributed by atoms with Crippen LogP contribution in [0.15, 0.2) is 24.3 Å². The highest BCUT2D eigenvalue weighted by atomic mass is 19.1. The van der Waals surface area contributed by atoms with Crippen LogP contribution >= 0.6 is 0 Å². The summed E-state index contributed by atoms with van der Waals surface area (Å²) in [5.74, 6) is -0.228. The van der Waals surface area contributed by atoms with Crippen LogP contribution in [0.4, 0.5) is 10.1 Å². The van der Waals surface area contributed by atoms with Gasteiger partial charge in [-0.3, -0.25) is 0 Å². The van der Waals surface area contributed by atoms with Crippen LogP contribution in [0.3, 0.4) is 0 Å². The van der Waals surface area contributed by atoms with Crippen molar-refractivity contribution in [2.45, 2.75) is 39.3 Å². The van der Waals surface area contributed by atoms with Crippen LogP contribution in [-0.2, 0) is 0 Å². The van der Waals surface area contributed by atoms with Gasteiger partial charge in [-0.1, -0.05) is 26.0 Å². The van der Waals surface area contributed by atoms with E-state index in [1.807, 2.05) is 38.7 Å². The first-order valence-electron chi connectivity index (χ1n) is 6.80. The normalized spacial score (nSPS) is 14.5. The molecular formula is C15H25FN2O. The number of aliphatic hydroxyl groups is 1. The van der Waals surface area contributed by atoms with Gasteiger partial charge in [0.05, 0.1) is 17.8 Å². The number of rotatable bonds is 7. The molecule has 0 radical (unpaired) electrons. The molecule has 1 rings (SSSR count). The Morgan fingerprint density at radius 3 is 2.47 bits per heavy atom. The smallest absolute Gasteiger partial charge is 0.146 e. The summed E-state index contributed by atoms with van der Waals surface area (Å²) in [4.78, 5) is 1.95. The van der Waals surface area contributed by atoms with Gasteiger partial charge in [0.1, 0.15) is 5.82 Å². The van der Waals surface area contributed by atoms with Crippen molar-refractivity contribution in [3.05, 3.63) is 30.1 Å². The van der Waals surface area contributed by atoms with Crippen LogP contribution in [0.1, 0.15) is 27.7 Å². The first-order chi connectivity index (χ1) is 8.91. The van der Waals surface area contributed by atoms with Gasteiger partial charge in [0, 0.05) is 19.1 Å². The summed E-state index contributed by atoms with van der Waals surface area (Å²) in [6.45, 7) is 9.27. The van der Waals surface area contributed by atoms with Crippen molar-refractivity contribution in [2.75, 3.05) is 24.6 Å². The number of benzene rings is 1. The number of nitrogens with zero attached hydrogens (tertiary/aromatic N) is 1. The Balaban J connectivity index is 2.89. The van der Waals surface area contributed by atoms with Gasteiger partial charge in [0.15, 0.2) is 0 Å². The van der Waals surface area contributed by atoms with E-state index in [1.54, 1.807) is 12.1 Å². The van der Waals surface area contributed by atoms with Gasteiger partial charge < -0.3 is 15.3 Å². The second-order valence-electron chi connectivity index (χ2n) is 5.48. The van der Waals surface area contributed by atoms with Crippen LogP contribution in [0.25, 0.3) is 0 Å². The van der Waals surface area contributed by atoms with Gasteiger partial charge in [-0.15, -0.1) is 0 Å². The molecule has 0 saturated heterocycles. The van der Waals surface area contributed by atoms with Crippen molar-refractivity contribution >= 4 is 5.69 Å². The molecular weight excluding hydrogens is 243 g/mol. The van der Waals surface area contributed by atoms with Gasteiger partial charge in [-0.05, 0) is 26.0 Å². The van der Waals surface area contributed by atoms with Crippen LogP contribution in [-0.4, -0.2) is 36.4 Å². The van der Waals surface area contributed by atoms with Crippen molar-refractivity contribution in [3.63, 3.8) is 0 Å². The van der Waals surface area contributed by atoms with E-state index in [0.717, 1.165) is 0 Å². The summed E-state index contributed by atoms with van der Waals surface area (Å²) >= 11 is 0. The molecule has 0 aliphatic carbocycles. The Hall–Kier alpha value is -1.13. The molecule has 0 fully saturated rings. The first-order valence-corrected chi connectivity index (χ1v) is 6.80. The van der Waals surface area contributed by atoms with Gasteiger partial charge >= 0.3 is 0 Å². The highest BCUT2D eigenvalue weighted by Crippen LogP contribution is 2.21. The number of hydrogen-bond acceptors (Lipinski definition) is 3. The summed E-state index contributed by atoms with van der Waals surface area (Å²) in [7, 11) is 0. The highest BCUT2D eigenvalue weighted by molar-refractivity contribution is 5.48. The van der Waals surface area contributed by atoms with E-state index in [9.17, 15) is 9.50 Å². The number of halogens is 1. The second kappa shape index (κ2) is 6.87. The lowest BCUT2D eigenvalue weighted by atomic mass is 10.0. The van der Waals surface area contributed by atoms with E-state index in [-0.39, 0.29) is 18.5 Å². The summed E-state index contributed by atoms with van der Waals surface area (Å²) < 4.78 is 13.8. The Morgan fingerprint density at radius 2 is 2.00 bits per heavy atom. The van der Waals surface area contributed by atoms with Crippen molar-refractivity contribution < 1.29 is 9.50 Å². The molecule has 0 aliphatic rings. The van der Waals surface area contributed by atoms with E-state index in [0.29, 0.717) is 18.8 Å². The predicted octanol–water partition coefficient (Wildman–Crippen LogP) is 2.40. The molecule has 1 unspecified atom stereocenters. The van der Waals surface area contributed by atoms with Crippen LogP contribution in [0.5, 0.6) is 0 Å². The lowest BCUT2D eigenvalue weighted by Gasteiger charge is -2.37. The lowest BCUT2D eigenvalue weighted by Crippen LogP contribution is -2.56. The monoisotopic (exact) mass is 268 g/mol. The zero-order chi connectivity index (χ0) is 14.5. The van der Waals surface area contributed by atoms with E-state index in [4.69, 9.17) is 0 Å². The third-order valence-corrected chi connectivity index (χ3v) is 3.10. The highest BCUT2D eigenvalue weighted by Gasteiger charge is 2.27. The number of nitrogens with one attached hydrogen (secondary N) is 1. The maximum Gasteiger partial charge on any atom is 0.146 e. The maximum atomic E-state index is 13.8. The molecule has 4 heteroatoms. The van der Waals surface area contributed by atoms with Crippen LogP contribution < -0.4 is 10.2 Å². The van der Waals surface area contributed by atoms with Crippen LogP contribution in [0, 0.1) is 5.82 Å². The van der Waals surface area contributed by atoms with Gasteiger partial charge in [0.2, 0.25) is 0 Å². The molecule has 1 aromatic rings. The second-order valence-corrected chi connectivity index (χ2v) is 5.48. The zero-order valence-corrected chi connectivity index (χ0v) is 12.3. The van der Waals surface area contributed by atoms with E-state index >= 15 is 0 Å². The standard InChI is InChI=1S/C15H25FN2O/c1-5-18(14-9-7-6-8-13(14)16)10-15(4,11-19)17-12(2)3/h6-9,12,17,19H,5,10-11H2,1-4H3. The molecule has 108 valence electrons. The molecule has 0 aliphatic heterocycles. The largest absolute Gasteiger partial charge is 0.394 e. The number of aliphatic hydroxyl groups excluding tert-OH is 1. The molecule has 0 aromatic heterocycles. The zero-order valence-electron chi connectivity index (χ0n) is 12.3. The Bertz CT molecular complexity index is 397. The summed E-state index contributed by atoms with van der Waals surface area (Å²) in [5.41, 5.74) is 0.127. The summed E-state index contributed by atoms with van der Waals surface area (Å²) in [6.07, 6.45) is 0. The number of hydrogen-bond donors (Lipinski definition) is 2. The molecule has 2 N–H and O–H groups in total. The molecule has 0 saturated carbocycles. The summed E-state index contributed by atoms with van der Waals surface area (Å²) in [5, 5.41) is 13.0. The van der Waals surface area contributed by atoms with Gasteiger partial charge in [-0.25, -0.2) is 4.39 Å². The minimum absolute atomic E-state index is 0.0101. The number of likely N-dealkylation sites (N-methyl/N-ethyl adjacent to an activating group) is 1. The lowest BCUT2D eigenvalue weighted by molar-refractivity contribution is 0.169. The fourth-order valence-electron chi connectivity index (χ4n) is 2.33. The molecule has 0 heterocycles. The van der Waals surface area contributed by atoms with E-state index in [2.05, 4.69) is 5.32 Å². The fourth-order valence-corrected chi connectivity index (χ4v) is 2.33. The minimum Gasteiger partial charge on any atom is -0.394 e. The van der Waals surface area contributed by atoms with Crippen LogP contribution in [0.2, 0.25) is 0 Å². The average molecular weight is 268 g/mol. The third-order valence-electron chi connectivity index (χ3n) is 3.10. The summed E-state index contributed by atoms with van der Waals surface area (Å²) in [6, 6.07) is 7.00.